The molecule has 0 radical (unpaired) electrons. The first-order valence-electron chi connectivity index (χ1n) is 7.84. The summed E-state index contributed by atoms with van der Waals surface area (Å²) in [4.78, 5) is 11.2. The van der Waals surface area contributed by atoms with Gasteiger partial charge in [0.15, 0.2) is 0 Å². The summed E-state index contributed by atoms with van der Waals surface area (Å²) in [7, 11) is 0. The summed E-state index contributed by atoms with van der Waals surface area (Å²) in [5, 5.41) is 19.3. The number of carbonyl (C=O) groups is 1. The van der Waals surface area contributed by atoms with Crippen LogP contribution in [-0.4, -0.2) is 28.8 Å². The molecule has 0 aromatic heterocycles. The Kier molecular flexibility index (Phi) is 5.62. The molecule has 0 spiro atoms. The van der Waals surface area contributed by atoms with Crippen molar-refractivity contribution in [2.75, 3.05) is 6.61 Å². The number of hydrogen-bond acceptors (Lipinski definition) is 5. The van der Waals surface area contributed by atoms with E-state index in [9.17, 15) is 15.0 Å². The van der Waals surface area contributed by atoms with Crippen molar-refractivity contribution in [3.8, 4) is 5.75 Å². The predicted molar refractivity (Wildman–Crippen MR) is 94.0 cm³/mol. The predicted octanol–water partition coefficient (Wildman–Crippen LogP) is 2.76. The van der Waals surface area contributed by atoms with Crippen molar-refractivity contribution in [2.45, 2.75) is 25.2 Å². The smallest absolute Gasteiger partial charge is 0.396 e. The van der Waals surface area contributed by atoms with Crippen LogP contribution in [0.25, 0.3) is 0 Å². The van der Waals surface area contributed by atoms with Gasteiger partial charge in [-0.3, -0.25) is 0 Å². The maximum absolute atomic E-state index is 11.2. The minimum atomic E-state index is -2.46. The minimum Gasteiger partial charge on any atom is -0.428 e. The molecule has 132 valence electrons. The Balaban J connectivity index is 2.19. The van der Waals surface area contributed by atoms with E-state index in [2.05, 4.69) is 37.3 Å². The van der Waals surface area contributed by atoms with E-state index in [1.165, 1.54) is 0 Å². The maximum Gasteiger partial charge on any atom is 0.396 e. The van der Waals surface area contributed by atoms with Crippen LogP contribution >= 0.6 is 0 Å². The lowest BCUT2D eigenvalue weighted by molar-refractivity contribution is -0.313. The number of carbonyl (C=O) groups excluding carboxylic acids is 1. The van der Waals surface area contributed by atoms with Crippen molar-refractivity contribution in [2.24, 2.45) is 0 Å². The monoisotopic (exact) mass is 342 g/mol. The lowest BCUT2D eigenvalue weighted by atomic mass is 9.78. The molecule has 0 aliphatic rings. The number of esters is 1. The van der Waals surface area contributed by atoms with E-state index in [1.807, 2.05) is 30.3 Å². The lowest BCUT2D eigenvalue weighted by Crippen LogP contribution is -2.44. The average Bonchev–Trinajstić information content (AvgIpc) is 2.62. The van der Waals surface area contributed by atoms with Crippen molar-refractivity contribution in [1.82, 2.24) is 0 Å². The molecule has 0 aliphatic carbocycles. The topological polar surface area (TPSA) is 76.0 Å². The molecule has 0 aliphatic heterocycles. The molecule has 2 rings (SSSR count). The highest BCUT2D eigenvalue weighted by Gasteiger charge is 2.33. The quantitative estimate of drug-likeness (QED) is 0.460. The number of aliphatic hydroxyl groups is 2. The highest BCUT2D eigenvalue weighted by atomic mass is 16.8. The van der Waals surface area contributed by atoms with Gasteiger partial charge in [-0.2, -0.15) is 0 Å². The number of rotatable bonds is 7. The van der Waals surface area contributed by atoms with Gasteiger partial charge < -0.3 is 19.7 Å². The van der Waals surface area contributed by atoms with E-state index in [0.717, 1.165) is 17.2 Å². The SMILES string of the molecule is C=CC(=O)OC(O)(CO)Oc1ccc(C(C)(C)c2ccccc2)cc1. The molecule has 25 heavy (non-hydrogen) atoms. The van der Waals surface area contributed by atoms with Crippen LogP contribution in [0, 0.1) is 0 Å². The first-order chi connectivity index (χ1) is 11.8. The van der Waals surface area contributed by atoms with Gasteiger partial charge in [0.05, 0.1) is 0 Å². The Hall–Kier alpha value is -2.63. The van der Waals surface area contributed by atoms with Gasteiger partial charge in [0.1, 0.15) is 12.4 Å². The van der Waals surface area contributed by atoms with Crippen molar-refractivity contribution >= 4 is 5.97 Å². The summed E-state index contributed by atoms with van der Waals surface area (Å²) in [5.74, 6) is -3.11. The molecule has 2 aromatic rings. The molecule has 0 amide bonds. The van der Waals surface area contributed by atoms with Gasteiger partial charge in [0.25, 0.3) is 0 Å². The zero-order valence-corrected chi connectivity index (χ0v) is 14.3. The van der Waals surface area contributed by atoms with Gasteiger partial charge in [-0.15, -0.1) is 0 Å². The molecule has 0 heterocycles. The highest BCUT2D eigenvalue weighted by Crippen LogP contribution is 2.32. The summed E-state index contributed by atoms with van der Waals surface area (Å²) < 4.78 is 9.85. The van der Waals surface area contributed by atoms with Gasteiger partial charge in [-0.25, -0.2) is 4.79 Å². The van der Waals surface area contributed by atoms with E-state index >= 15 is 0 Å². The Morgan fingerprint density at radius 3 is 2.16 bits per heavy atom. The Bertz CT molecular complexity index is 722. The van der Waals surface area contributed by atoms with Crippen LogP contribution in [0.4, 0.5) is 0 Å². The van der Waals surface area contributed by atoms with Gasteiger partial charge in [0, 0.05) is 11.5 Å². The largest absolute Gasteiger partial charge is 0.428 e. The third kappa shape index (κ3) is 4.47. The highest BCUT2D eigenvalue weighted by molar-refractivity contribution is 5.81. The van der Waals surface area contributed by atoms with Crippen LogP contribution in [0.15, 0.2) is 67.3 Å². The zero-order valence-electron chi connectivity index (χ0n) is 14.3. The van der Waals surface area contributed by atoms with E-state index < -0.39 is 18.5 Å². The average molecular weight is 342 g/mol. The van der Waals surface area contributed by atoms with Crippen LogP contribution in [0.5, 0.6) is 5.75 Å². The molecule has 0 fully saturated rings. The molecule has 2 aromatic carbocycles. The number of hydrogen-bond donors (Lipinski definition) is 2. The van der Waals surface area contributed by atoms with E-state index in [-0.39, 0.29) is 11.2 Å². The number of aliphatic hydroxyl groups excluding tert-OH is 1. The third-order valence-electron chi connectivity index (χ3n) is 3.98. The summed E-state index contributed by atoms with van der Waals surface area (Å²) in [6, 6.07) is 17.1. The van der Waals surface area contributed by atoms with E-state index in [0.29, 0.717) is 0 Å². The normalized spacial score (nSPS) is 13.6. The van der Waals surface area contributed by atoms with Crippen LogP contribution in [0.3, 0.4) is 0 Å². The zero-order chi connectivity index (χ0) is 18.5. The molecule has 2 N–H and O–H groups in total. The first kappa shape index (κ1) is 18.7. The molecule has 5 heteroatoms. The molecule has 1 atom stereocenters. The summed E-state index contributed by atoms with van der Waals surface area (Å²) in [6.45, 7) is 6.53. The Morgan fingerprint density at radius 1 is 1.08 bits per heavy atom. The first-order valence-corrected chi connectivity index (χ1v) is 7.84. The molecule has 0 saturated heterocycles. The molecular weight excluding hydrogens is 320 g/mol. The standard InChI is InChI=1S/C20H22O5/c1-4-18(22)25-20(23,14-21)24-17-12-10-16(11-13-17)19(2,3)15-8-6-5-7-9-15/h4-13,21,23H,1,14H2,2-3H3. The second kappa shape index (κ2) is 7.51. The van der Waals surface area contributed by atoms with Crippen LogP contribution < -0.4 is 4.74 Å². The van der Waals surface area contributed by atoms with Crippen molar-refractivity contribution in [1.29, 1.82) is 0 Å². The summed E-state index contributed by atoms with van der Waals surface area (Å²) >= 11 is 0. The van der Waals surface area contributed by atoms with Crippen LogP contribution in [-0.2, 0) is 14.9 Å². The second-order valence-electron chi connectivity index (χ2n) is 6.11. The van der Waals surface area contributed by atoms with Crippen LogP contribution in [0.2, 0.25) is 0 Å². The third-order valence-corrected chi connectivity index (χ3v) is 3.98. The van der Waals surface area contributed by atoms with Crippen molar-refractivity contribution < 1.29 is 24.5 Å². The van der Waals surface area contributed by atoms with Gasteiger partial charge in [-0.1, -0.05) is 62.9 Å². The second-order valence-corrected chi connectivity index (χ2v) is 6.11. The molecule has 0 saturated carbocycles. The summed E-state index contributed by atoms with van der Waals surface area (Å²) in [6.07, 6.45) is 0.871. The fourth-order valence-electron chi connectivity index (χ4n) is 2.43. The van der Waals surface area contributed by atoms with Crippen LogP contribution in [0.1, 0.15) is 25.0 Å². The molecule has 0 bridgehead atoms. The molecule has 1 unspecified atom stereocenters. The van der Waals surface area contributed by atoms with Gasteiger partial charge in [0.2, 0.25) is 0 Å². The number of ether oxygens (including phenoxy) is 2. The van der Waals surface area contributed by atoms with Gasteiger partial charge >= 0.3 is 11.9 Å². The van der Waals surface area contributed by atoms with E-state index in [1.54, 1.807) is 12.1 Å². The van der Waals surface area contributed by atoms with Crippen molar-refractivity contribution in [3.05, 3.63) is 78.4 Å². The fourth-order valence-corrected chi connectivity index (χ4v) is 2.43. The Labute approximate surface area is 147 Å². The number of benzene rings is 2. The lowest BCUT2D eigenvalue weighted by Gasteiger charge is -2.28. The Morgan fingerprint density at radius 2 is 1.64 bits per heavy atom. The summed E-state index contributed by atoms with van der Waals surface area (Å²) in [5.41, 5.74) is 1.99. The van der Waals surface area contributed by atoms with Crippen molar-refractivity contribution in [3.63, 3.8) is 0 Å². The fraction of sp³-hybridized carbons (Fsp3) is 0.250. The maximum atomic E-state index is 11.2. The molecule has 5 nitrogen and oxygen atoms in total. The molecular formula is C20H22O5. The van der Waals surface area contributed by atoms with E-state index in [4.69, 9.17) is 4.74 Å². The van der Waals surface area contributed by atoms with Gasteiger partial charge in [-0.05, 0) is 23.3 Å². The minimum absolute atomic E-state index is 0.220.